The molecule has 1 heterocycles. The molecule has 4 nitrogen and oxygen atoms in total. The molecule has 1 aromatic carbocycles. The quantitative estimate of drug-likeness (QED) is 0.889. The highest BCUT2D eigenvalue weighted by atomic mass is 32.1. The molecular weight excluding hydrogens is 229 g/mol. The average Bonchev–Trinajstić information content (AvgIpc) is 2.75. The molecule has 0 aliphatic heterocycles. The van der Waals surface area contributed by atoms with Crippen LogP contribution in [0.1, 0.15) is 5.69 Å². The molecule has 2 aromatic rings. The van der Waals surface area contributed by atoms with Gasteiger partial charge >= 0.3 is 0 Å². The Hall–Kier alpha value is -1.69. The Morgan fingerprint density at radius 2 is 2.25 bits per heavy atom. The fourth-order valence-corrected chi connectivity index (χ4v) is 1.72. The molecule has 0 radical (unpaired) electrons. The number of benzene rings is 1. The largest absolute Gasteiger partial charge is 0.484 e. The first kappa shape index (κ1) is 10.8. The van der Waals surface area contributed by atoms with Gasteiger partial charge in [0.15, 0.2) is 11.6 Å². The second-order valence-corrected chi connectivity index (χ2v) is 3.77. The van der Waals surface area contributed by atoms with Crippen LogP contribution in [0, 0.1) is 5.82 Å². The maximum absolute atomic E-state index is 13.2. The van der Waals surface area contributed by atoms with Gasteiger partial charge in [0, 0.05) is 18.6 Å². The number of hydrogen-bond acceptors (Lipinski definition) is 5. The standard InChI is InChI=1S/C10H10FN3OS/c1-12-10-8(13-14-16-10)6-15-9-5-3-2-4-7(9)11/h2-5,12H,6H2,1H3. The Balaban J connectivity index is 2.05. The minimum Gasteiger partial charge on any atom is -0.484 e. The zero-order chi connectivity index (χ0) is 11.4. The Labute approximate surface area is 96.2 Å². The molecule has 0 spiro atoms. The molecule has 16 heavy (non-hydrogen) atoms. The summed E-state index contributed by atoms with van der Waals surface area (Å²) in [5.74, 6) is -0.158. The number of aromatic nitrogens is 2. The highest BCUT2D eigenvalue weighted by Gasteiger charge is 2.08. The molecule has 0 amide bonds. The second-order valence-electron chi connectivity index (χ2n) is 3.02. The number of rotatable bonds is 4. The summed E-state index contributed by atoms with van der Waals surface area (Å²) < 4.78 is 22.3. The summed E-state index contributed by atoms with van der Waals surface area (Å²) in [6.45, 7) is 0.202. The van der Waals surface area contributed by atoms with Crippen LogP contribution >= 0.6 is 11.5 Å². The highest BCUT2D eigenvalue weighted by molar-refractivity contribution is 7.10. The summed E-state index contributed by atoms with van der Waals surface area (Å²) in [7, 11) is 1.78. The predicted octanol–water partition coefficient (Wildman–Crippen LogP) is 2.30. The third-order valence-corrected chi connectivity index (χ3v) is 2.77. The summed E-state index contributed by atoms with van der Waals surface area (Å²) in [4.78, 5) is 0. The van der Waals surface area contributed by atoms with E-state index in [9.17, 15) is 4.39 Å². The lowest BCUT2D eigenvalue weighted by Gasteiger charge is -2.05. The Bertz CT molecular complexity index is 475. The molecule has 6 heteroatoms. The predicted molar refractivity (Wildman–Crippen MR) is 60.2 cm³/mol. The van der Waals surface area contributed by atoms with Gasteiger partial charge in [0.1, 0.15) is 17.3 Å². The highest BCUT2D eigenvalue weighted by Crippen LogP contribution is 2.21. The first-order valence-electron chi connectivity index (χ1n) is 4.67. The molecule has 1 aromatic heterocycles. The van der Waals surface area contributed by atoms with Crippen LogP contribution < -0.4 is 10.1 Å². The van der Waals surface area contributed by atoms with Crippen molar-refractivity contribution < 1.29 is 9.13 Å². The van der Waals surface area contributed by atoms with Crippen LogP contribution in [0.15, 0.2) is 24.3 Å². The van der Waals surface area contributed by atoms with E-state index in [0.717, 1.165) is 5.00 Å². The molecule has 0 aliphatic rings. The van der Waals surface area contributed by atoms with Crippen molar-refractivity contribution in [3.05, 3.63) is 35.8 Å². The van der Waals surface area contributed by atoms with E-state index in [1.54, 1.807) is 25.2 Å². The van der Waals surface area contributed by atoms with Crippen LogP contribution in [0.25, 0.3) is 0 Å². The number of anilines is 1. The molecule has 0 atom stereocenters. The van der Waals surface area contributed by atoms with E-state index in [2.05, 4.69) is 14.9 Å². The van der Waals surface area contributed by atoms with Crippen molar-refractivity contribution in [2.45, 2.75) is 6.61 Å². The van der Waals surface area contributed by atoms with Gasteiger partial charge in [-0.2, -0.15) is 0 Å². The van der Waals surface area contributed by atoms with Gasteiger partial charge in [-0.25, -0.2) is 4.39 Å². The van der Waals surface area contributed by atoms with Gasteiger partial charge < -0.3 is 10.1 Å². The van der Waals surface area contributed by atoms with Crippen molar-refractivity contribution in [2.75, 3.05) is 12.4 Å². The number of nitrogens with zero attached hydrogens (tertiary/aromatic N) is 2. The van der Waals surface area contributed by atoms with Crippen LogP contribution in [0.4, 0.5) is 9.39 Å². The van der Waals surface area contributed by atoms with E-state index in [0.29, 0.717) is 5.69 Å². The van der Waals surface area contributed by atoms with Crippen LogP contribution in [0.3, 0.4) is 0 Å². The lowest BCUT2D eigenvalue weighted by Crippen LogP contribution is -2.00. The number of nitrogens with one attached hydrogen (secondary N) is 1. The Kier molecular flexibility index (Phi) is 3.31. The van der Waals surface area contributed by atoms with Gasteiger partial charge in [0.2, 0.25) is 0 Å². The summed E-state index contributed by atoms with van der Waals surface area (Å²) in [5, 5.41) is 7.67. The molecule has 0 aliphatic carbocycles. The summed E-state index contributed by atoms with van der Waals surface area (Å²) in [5.41, 5.74) is 0.677. The minimum atomic E-state index is -0.378. The molecule has 0 bridgehead atoms. The molecule has 84 valence electrons. The van der Waals surface area contributed by atoms with Gasteiger partial charge in [0.05, 0.1) is 0 Å². The van der Waals surface area contributed by atoms with Crippen molar-refractivity contribution in [3.8, 4) is 5.75 Å². The third kappa shape index (κ3) is 2.27. The lowest BCUT2D eigenvalue weighted by molar-refractivity contribution is 0.286. The van der Waals surface area contributed by atoms with Crippen molar-refractivity contribution in [3.63, 3.8) is 0 Å². The van der Waals surface area contributed by atoms with Crippen LogP contribution in [-0.2, 0) is 6.61 Å². The van der Waals surface area contributed by atoms with E-state index in [1.807, 2.05) is 0 Å². The zero-order valence-corrected chi connectivity index (χ0v) is 9.42. The molecule has 0 saturated heterocycles. The van der Waals surface area contributed by atoms with E-state index >= 15 is 0 Å². The van der Waals surface area contributed by atoms with E-state index in [1.165, 1.54) is 17.6 Å². The van der Waals surface area contributed by atoms with Crippen molar-refractivity contribution in [1.82, 2.24) is 9.59 Å². The molecular formula is C10H10FN3OS. The minimum absolute atomic E-state index is 0.202. The molecule has 2 rings (SSSR count). The molecule has 0 fully saturated rings. The van der Waals surface area contributed by atoms with E-state index in [4.69, 9.17) is 4.74 Å². The topological polar surface area (TPSA) is 47.0 Å². The number of hydrogen-bond donors (Lipinski definition) is 1. The smallest absolute Gasteiger partial charge is 0.165 e. The van der Waals surface area contributed by atoms with Gasteiger partial charge in [-0.15, -0.1) is 5.10 Å². The first-order valence-corrected chi connectivity index (χ1v) is 5.45. The molecule has 0 unspecified atom stereocenters. The maximum atomic E-state index is 13.2. The number of para-hydroxylation sites is 1. The molecule has 0 saturated carbocycles. The van der Waals surface area contributed by atoms with Gasteiger partial charge in [-0.05, 0) is 12.1 Å². The van der Waals surface area contributed by atoms with Crippen LogP contribution in [0.2, 0.25) is 0 Å². The second kappa shape index (κ2) is 4.89. The van der Waals surface area contributed by atoms with Crippen molar-refractivity contribution in [1.29, 1.82) is 0 Å². The fourth-order valence-electron chi connectivity index (χ4n) is 1.20. The SMILES string of the molecule is CNc1snnc1COc1ccccc1F. The van der Waals surface area contributed by atoms with Crippen molar-refractivity contribution in [2.24, 2.45) is 0 Å². The first-order chi connectivity index (χ1) is 7.81. The maximum Gasteiger partial charge on any atom is 0.165 e. The van der Waals surface area contributed by atoms with Gasteiger partial charge in [-0.1, -0.05) is 16.6 Å². The monoisotopic (exact) mass is 239 g/mol. The Morgan fingerprint density at radius 3 is 3.00 bits per heavy atom. The molecule has 1 N–H and O–H groups in total. The lowest BCUT2D eigenvalue weighted by atomic mass is 10.3. The Morgan fingerprint density at radius 1 is 1.44 bits per heavy atom. The normalized spacial score (nSPS) is 10.1. The van der Waals surface area contributed by atoms with Crippen LogP contribution in [-0.4, -0.2) is 16.6 Å². The average molecular weight is 239 g/mol. The fraction of sp³-hybridized carbons (Fsp3) is 0.200. The summed E-state index contributed by atoms with van der Waals surface area (Å²) in [6.07, 6.45) is 0. The number of halogens is 1. The zero-order valence-electron chi connectivity index (χ0n) is 8.61. The summed E-state index contributed by atoms with van der Waals surface area (Å²) >= 11 is 1.24. The van der Waals surface area contributed by atoms with E-state index in [-0.39, 0.29) is 18.2 Å². The van der Waals surface area contributed by atoms with Crippen molar-refractivity contribution >= 4 is 16.5 Å². The van der Waals surface area contributed by atoms with Crippen LogP contribution in [0.5, 0.6) is 5.75 Å². The summed E-state index contributed by atoms with van der Waals surface area (Å²) in [6, 6.07) is 6.27. The third-order valence-electron chi connectivity index (χ3n) is 1.98. The van der Waals surface area contributed by atoms with Gasteiger partial charge in [0.25, 0.3) is 0 Å². The van der Waals surface area contributed by atoms with E-state index < -0.39 is 0 Å². The number of ether oxygens (including phenoxy) is 1. The van der Waals surface area contributed by atoms with Gasteiger partial charge in [-0.3, -0.25) is 0 Å².